The van der Waals surface area contributed by atoms with Gasteiger partial charge in [-0.25, -0.2) is 8.78 Å². The summed E-state index contributed by atoms with van der Waals surface area (Å²) in [5.41, 5.74) is 0.469. The number of aromatic nitrogens is 2. The van der Waals surface area contributed by atoms with Crippen molar-refractivity contribution in [2.24, 2.45) is 0 Å². The van der Waals surface area contributed by atoms with Crippen LogP contribution in [0.15, 0.2) is 36.7 Å². The summed E-state index contributed by atoms with van der Waals surface area (Å²) in [6, 6.07) is 5.32. The molecule has 5 heteroatoms. The number of hydrogen-bond donors (Lipinski definition) is 1. The maximum Gasteiger partial charge on any atom is 0.130 e. The van der Waals surface area contributed by atoms with Crippen LogP contribution in [-0.4, -0.2) is 16.3 Å². The maximum absolute atomic E-state index is 13.5. The third-order valence-electron chi connectivity index (χ3n) is 2.78. The molecule has 1 aromatic heterocycles. The summed E-state index contributed by atoms with van der Waals surface area (Å²) in [6.07, 6.45) is 3.58. The van der Waals surface area contributed by atoms with Gasteiger partial charge in [0.1, 0.15) is 11.6 Å². The molecule has 1 N–H and O–H groups in total. The van der Waals surface area contributed by atoms with Crippen LogP contribution in [0.25, 0.3) is 0 Å². The van der Waals surface area contributed by atoms with Crippen LogP contribution >= 0.6 is 0 Å². The van der Waals surface area contributed by atoms with Crippen molar-refractivity contribution in [3.8, 4) is 0 Å². The quantitative estimate of drug-likeness (QED) is 0.885. The average molecular weight is 251 g/mol. The van der Waals surface area contributed by atoms with E-state index in [9.17, 15) is 8.78 Å². The zero-order valence-electron chi connectivity index (χ0n) is 10.1. The van der Waals surface area contributed by atoms with Crippen molar-refractivity contribution in [2.75, 3.05) is 6.54 Å². The van der Waals surface area contributed by atoms with Gasteiger partial charge in [-0.2, -0.15) is 5.10 Å². The van der Waals surface area contributed by atoms with E-state index in [0.717, 1.165) is 6.07 Å². The van der Waals surface area contributed by atoms with Gasteiger partial charge in [0.25, 0.3) is 0 Å². The van der Waals surface area contributed by atoms with Gasteiger partial charge in [-0.3, -0.25) is 4.68 Å². The predicted octanol–water partition coefficient (Wildman–Crippen LogP) is 2.51. The Morgan fingerprint density at radius 1 is 1.39 bits per heavy atom. The zero-order chi connectivity index (χ0) is 13.0. The molecule has 0 saturated heterocycles. The van der Waals surface area contributed by atoms with Crippen LogP contribution in [-0.2, 0) is 6.54 Å². The minimum absolute atomic E-state index is 0.166. The number of hydrogen-bond acceptors (Lipinski definition) is 2. The second-order valence-corrected chi connectivity index (χ2v) is 4.11. The highest BCUT2D eigenvalue weighted by molar-refractivity contribution is 5.21. The lowest BCUT2D eigenvalue weighted by Gasteiger charge is -2.15. The maximum atomic E-state index is 13.5. The van der Waals surface area contributed by atoms with Gasteiger partial charge in [0.2, 0.25) is 0 Å². The van der Waals surface area contributed by atoms with E-state index < -0.39 is 11.6 Å². The van der Waals surface area contributed by atoms with Crippen molar-refractivity contribution in [1.82, 2.24) is 15.1 Å². The molecule has 0 bridgehead atoms. The fraction of sp³-hybridized carbons (Fsp3) is 0.308. The molecule has 0 saturated carbocycles. The molecule has 18 heavy (non-hydrogen) atoms. The van der Waals surface area contributed by atoms with Crippen LogP contribution in [0.1, 0.15) is 18.5 Å². The van der Waals surface area contributed by atoms with Gasteiger partial charge >= 0.3 is 0 Å². The molecule has 0 radical (unpaired) electrons. The van der Waals surface area contributed by atoms with E-state index in [2.05, 4.69) is 10.4 Å². The predicted molar refractivity (Wildman–Crippen MR) is 65.0 cm³/mol. The normalized spacial score (nSPS) is 12.6. The van der Waals surface area contributed by atoms with Crippen molar-refractivity contribution < 1.29 is 8.78 Å². The lowest BCUT2D eigenvalue weighted by Crippen LogP contribution is -2.24. The standard InChI is InChI=1S/C13H15F2N3/c1-10(12-4-3-11(14)9-13(12)15)16-6-8-18-7-2-5-17-18/h2-5,7,9-10,16H,6,8H2,1H3. The molecule has 2 rings (SSSR count). The Labute approximate surface area is 104 Å². The highest BCUT2D eigenvalue weighted by Gasteiger charge is 2.10. The molecule has 0 amide bonds. The van der Waals surface area contributed by atoms with Gasteiger partial charge in [0.15, 0.2) is 0 Å². The molecule has 0 aliphatic rings. The van der Waals surface area contributed by atoms with Gasteiger partial charge in [-0.15, -0.1) is 0 Å². The minimum Gasteiger partial charge on any atom is -0.308 e. The molecule has 1 heterocycles. The van der Waals surface area contributed by atoms with Crippen LogP contribution in [0.5, 0.6) is 0 Å². The number of nitrogens with one attached hydrogen (secondary N) is 1. The van der Waals surface area contributed by atoms with E-state index in [0.29, 0.717) is 18.7 Å². The first-order chi connectivity index (χ1) is 8.66. The molecule has 0 aliphatic carbocycles. The van der Waals surface area contributed by atoms with E-state index in [4.69, 9.17) is 0 Å². The topological polar surface area (TPSA) is 29.9 Å². The van der Waals surface area contributed by atoms with Crippen LogP contribution in [0, 0.1) is 11.6 Å². The van der Waals surface area contributed by atoms with Crippen LogP contribution in [0.3, 0.4) is 0 Å². The third-order valence-corrected chi connectivity index (χ3v) is 2.78. The summed E-state index contributed by atoms with van der Waals surface area (Å²) in [4.78, 5) is 0. The van der Waals surface area contributed by atoms with E-state index in [1.807, 2.05) is 19.2 Å². The van der Waals surface area contributed by atoms with Gasteiger partial charge in [-0.1, -0.05) is 6.07 Å². The molecular weight excluding hydrogens is 236 g/mol. The summed E-state index contributed by atoms with van der Waals surface area (Å²) < 4.78 is 28.1. The second kappa shape index (κ2) is 5.73. The first kappa shape index (κ1) is 12.7. The average Bonchev–Trinajstić information content (AvgIpc) is 2.81. The summed E-state index contributed by atoms with van der Waals surface area (Å²) in [6.45, 7) is 3.22. The molecule has 1 aromatic carbocycles. The van der Waals surface area contributed by atoms with Crippen molar-refractivity contribution in [3.05, 3.63) is 53.9 Å². The smallest absolute Gasteiger partial charge is 0.130 e. The third kappa shape index (κ3) is 3.13. The van der Waals surface area contributed by atoms with E-state index in [1.165, 1.54) is 12.1 Å². The first-order valence-corrected chi connectivity index (χ1v) is 5.82. The highest BCUT2D eigenvalue weighted by Crippen LogP contribution is 2.17. The molecule has 3 nitrogen and oxygen atoms in total. The van der Waals surface area contributed by atoms with E-state index >= 15 is 0 Å². The number of nitrogens with zero attached hydrogens (tertiary/aromatic N) is 2. The van der Waals surface area contributed by atoms with Crippen LogP contribution in [0.2, 0.25) is 0 Å². The molecule has 1 unspecified atom stereocenters. The molecule has 1 atom stereocenters. The Hall–Kier alpha value is -1.75. The molecule has 0 aliphatic heterocycles. The van der Waals surface area contributed by atoms with E-state index in [-0.39, 0.29) is 6.04 Å². The molecule has 0 fully saturated rings. The SMILES string of the molecule is CC(NCCn1cccn1)c1ccc(F)cc1F. The summed E-state index contributed by atoms with van der Waals surface area (Å²) in [5.74, 6) is -1.07. The fourth-order valence-corrected chi connectivity index (χ4v) is 1.79. The van der Waals surface area contributed by atoms with Crippen LogP contribution in [0.4, 0.5) is 8.78 Å². The lowest BCUT2D eigenvalue weighted by atomic mass is 10.1. The van der Waals surface area contributed by atoms with Crippen molar-refractivity contribution in [2.45, 2.75) is 19.5 Å². The number of halogens is 2. The van der Waals surface area contributed by atoms with E-state index in [1.54, 1.807) is 10.9 Å². The Morgan fingerprint density at radius 2 is 2.22 bits per heavy atom. The largest absolute Gasteiger partial charge is 0.308 e. The summed E-state index contributed by atoms with van der Waals surface area (Å²) in [7, 11) is 0. The van der Waals surface area contributed by atoms with Crippen molar-refractivity contribution in [3.63, 3.8) is 0 Å². The van der Waals surface area contributed by atoms with Crippen molar-refractivity contribution >= 4 is 0 Å². The minimum atomic E-state index is -0.556. The van der Waals surface area contributed by atoms with Gasteiger partial charge < -0.3 is 5.32 Å². The first-order valence-electron chi connectivity index (χ1n) is 5.82. The van der Waals surface area contributed by atoms with Gasteiger partial charge in [-0.05, 0) is 19.1 Å². The summed E-state index contributed by atoms with van der Waals surface area (Å²) >= 11 is 0. The monoisotopic (exact) mass is 251 g/mol. The molecule has 96 valence electrons. The zero-order valence-corrected chi connectivity index (χ0v) is 10.1. The summed E-state index contributed by atoms with van der Waals surface area (Å²) in [5, 5.41) is 7.24. The Balaban J connectivity index is 1.89. The number of rotatable bonds is 5. The fourth-order valence-electron chi connectivity index (χ4n) is 1.79. The Kier molecular flexibility index (Phi) is 4.04. The second-order valence-electron chi connectivity index (χ2n) is 4.11. The highest BCUT2D eigenvalue weighted by atomic mass is 19.1. The number of benzene rings is 1. The molecule has 0 spiro atoms. The van der Waals surface area contributed by atoms with Gasteiger partial charge in [0.05, 0.1) is 6.54 Å². The Morgan fingerprint density at radius 3 is 2.89 bits per heavy atom. The van der Waals surface area contributed by atoms with Crippen LogP contribution < -0.4 is 5.32 Å². The lowest BCUT2D eigenvalue weighted by molar-refractivity contribution is 0.486. The van der Waals surface area contributed by atoms with Crippen molar-refractivity contribution in [1.29, 1.82) is 0 Å². The molecular formula is C13H15F2N3. The Bertz CT molecular complexity index is 497. The van der Waals surface area contributed by atoms with Gasteiger partial charge in [0, 0.05) is 36.6 Å². The molecule has 2 aromatic rings.